The Balaban J connectivity index is 3.29. The van der Waals surface area contributed by atoms with Gasteiger partial charge in [0.05, 0.1) is 7.11 Å². The highest BCUT2D eigenvalue weighted by atomic mass is 19.1. The summed E-state index contributed by atoms with van der Waals surface area (Å²) in [6, 6.07) is 2.48. The van der Waals surface area contributed by atoms with Gasteiger partial charge in [-0.1, -0.05) is 0 Å². The molecule has 0 aliphatic heterocycles. The van der Waals surface area contributed by atoms with Crippen molar-refractivity contribution in [2.45, 2.75) is 6.92 Å². The number of carbonyl (C=O) groups excluding carboxylic acids is 2. The van der Waals surface area contributed by atoms with Gasteiger partial charge in [-0.05, 0) is 24.6 Å². The number of hydrogen-bond donors (Lipinski definition) is 1. The van der Waals surface area contributed by atoms with Crippen molar-refractivity contribution in [2.24, 2.45) is 0 Å². The van der Waals surface area contributed by atoms with Crippen LogP contribution in [0.2, 0.25) is 0 Å². The van der Waals surface area contributed by atoms with Crippen LogP contribution >= 0.6 is 0 Å². The van der Waals surface area contributed by atoms with Gasteiger partial charge in [0.2, 0.25) is 6.41 Å². The van der Waals surface area contributed by atoms with Crippen molar-refractivity contribution in [3.05, 3.63) is 29.1 Å². The molecule has 1 rings (SSSR count). The number of rotatable bonds is 3. The molecule has 4 nitrogen and oxygen atoms in total. The number of methoxy groups -OCH3 is 1. The van der Waals surface area contributed by atoms with Crippen LogP contribution in [0, 0.1) is 12.7 Å². The van der Waals surface area contributed by atoms with Gasteiger partial charge in [-0.15, -0.1) is 0 Å². The van der Waals surface area contributed by atoms with E-state index in [1.807, 2.05) is 0 Å². The van der Waals surface area contributed by atoms with Gasteiger partial charge in [-0.2, -0.15) is 0 Å². The van der Waals surface area contributed by atoms with Gasteiger partial charge >= 0.3 is 5.97 Å². The minimum Gasteiger partial charge on any atom is -0.465 e. The minimum atomic E-state index is -0.764. The molecule has 0 saturated carbocycles. The first-order chi connectivity index (χ1) is 7.11. The van der Waals surface area contributed by atoms with Gasteiger partial charge in [-0.25, -0.2) is 9.18 Å². The third-order valence-corrected chi connectivity index (χ3v) is 2.02. The van der Waals surface area contributed by atoms with Gasteiger partial charge in [0, 0.05) is 5.69 Å². The van der Waals surface area contributed by atoms with Crippen LogP contribution in [0.4, 0.5) is 10.1 Å². The fourth-order valence-electron chi connectivity index (χ4n) is 1.25. The summed E-state index contributed by atoms with van der Waals surface area (Å²) in [7, 11) is 1.17. The van der Waals surface area contributed by atoms with Crippen molar-refractivity contribution in [1.82, 2.24) is 0 Å². The average Bonchev–Trinajstić information content (AvgIpc) is 2.22. The van der Waals surface area contributed by atoms with Crippen molar-refractivity contribution in [1.29, 1.82) is 0 Å². The zero-order valence-electron chi connectivity index (χ0n) is 8.33. The molecular formula is C10H10FNO3. The van der Waals surface area contributed by atoms with Gasteiger partial charge < -0.3 is 10.1 Å². The molecule has 0 aliphatic carbocycles. The number of ether oxygens (including phenoxy) is 1. The summed E-state index contributed by atoms with van der Waals surface area (Å²) >= 11 is 0. The highest BCUT2D eigenvalue weighted by Crippen LogP contribution is 2.22. The molecule has 0 bridgehead atoms. The number of amides is 1. The van der Waals surface area contributed by atoms with Crippen LogP contribution in [0.3, 0.4) is 0 Å². The lowest BCUT2D eigenvalue weighted by Gasteiger charge is -2.09. The Bertz CT molecular complexity index is 404. The van der Waals surface area contributed by atoms with Crippen molar-refractivity contribution < 1.29 is 18.7 Å². The zero-order valence-corrected chi connectivity index (χ0v) is 8.33. The number of nitrogens with one attached hydrogen (secondary N) is 1. The molecular weight excluding hydrogens is 201 g/mol. The molecule has 1 aromatic carbocycles. The normalized spacial score (nSPS) is 9.53. The van der Waals surface area contributed by atoms with E-state index in [2.05, 4.69) is 10.1 Å². The van der Waals surface area contributed by atoms with E-state index in [-0.39, 0.29) is 5.56 Å². The van der Waals surface area contributed by atoms with E-state index < -0.39 is 11.8 Å². The van der Waals surface area contributed by atoms with E-state index in [1.165, 1.54) is 20.1 Å². The standard InChI is InChI=1S/C10H10FNO3/c1-6-8(12-5-13)4-3-7(11)9(6)10(14)15-2/h3-5H,1-2H3,(H,12,13). The number of hydrogen-bond acceptors (Lipinski definition) is 3. The molecule has 0 aliphatic rings. The Morgan fingerprint density at radius 2 is 2.20 bits per heavy atom. The quantitative estimate of drug-likeness (QED) is 0.608. The molecule has 1 amide bonds. The Hall–Kier alpha value is -1.91. The van der Waals surface area contributed by atoms with Gasteiger partial charge in [-0.3, -0.25) is 4.79 Å². The van der Waals surface area contributed by atoms with Crippen LogP contribution in [-0.2, 0) is 9.53 Å². The largest absolute Gasteiger partial charge is 0.465 e. The van der Waals surface area contributed by atoms with Crippen LogP contribution in [-0.4, -0.2) is 19.5 Å². The number of halogens is 1. The Morgan fingerprint density at radius 3 is 2.73 bits per heavy atom. The van der Waals surface area contributed by atoms with Crippen LogP contribution in [0.1, 0.15) is 15.9 Å². The summed E-state index contributed by atoms with van der Waals surface area (Å²) in [6.45, 7) is 1.53. The first-order valence-corrected chi connectivity index (χ1v) is 4.19. The van der Waals surface area contributed by atoms with Gasteiger partial charge in [0.1, 0.15) is 11.4 Å². The summed E-state index contributed by atoms with van der Waals surface area (Å²) in [4.78, 5) is 21.5. The van der Waals surface area contributed by atoms with Crippen molar-refractivity contribution in [3.63, 3.8) is 0 Å². The van der Waals surface area contributed by atoms with E-state index in [9.17, 15) is 14.0 Å². The van der Waals surface area contributed by atoms with Crippen molar-refractivity contribution in [2.75, 3.05) is 12.4 Å². The van der Waals surface area contributed by atoms with Crippen LogP contribution < -0.4 is 5.32 Å². The molecule has 0 saturated heterocycles. The van der Waals surface area contributed by atoms with E-state index in [4.69, 9.17) is 0 Å². The molecule has 0 unspecified atom stereocenters. The van der Waals surface area contributed by atoms with E-state index >= 15 is 0 Å². The number of anilines is 1. The van der Waals surface area contributed by atoms with Crippen LogP contribution in [0.15, 0.2) is 12.1 Å². The summed E-state index contributed by atoms with van der Waals surface area (Å²) in [5.74, 6) is -1.43. The summed E-state index contributed by atoms with van der Waals surface area (Å²) in [6.07, 6.45) is 0.460. The number of benzene rings is 1. The monoisotopic (exact) mass is 211 g/mol. The second-order valence-electron chi connectivity index (χ2n) is 2.85. The molecule has 0 spiro atoms. The lowest BCUT2D eigenvalue weighted by molar-refractivity contribution is -0.105. The van der Waals surface area contributed by atoms with E-state index in [0.717, 1.165) is 6.07 Å². The molecule has 5 heteroatoms. The molecule has 0 fully saturated rings. The molecule has 0 heterocycles. The average molecular weight is 211 g/mol. The van der Waals surface area contributed by atoms with Crippen molar-refractivity contribution in [3.8, 4) is 0 Å². The van der Waals surface area contributed by atoms with Crippen molar-refractivity contribution >= 4 is 18.1 Å². The smallest absolute Gasteiger partial charge is 0.341 e. The maximum atomic E-state index is 13.3. The highest BCUT2D eigenvalue weighted by Gasteiger charge is 2.17. The van der Waals surface area contributed by atoms with Crippen LogP contribution in [0.25, 0.3) is 0 Å². The summed E-state index contributed by atoms with van der Waals surface area (Å²) < 4.78 is 17.7. The second kappa shape index (κ2) is 4.54. The Kier molecular flexibility index (Phi) is 3.38. The third kappa shape index (κ3) is 2.12. The van der Waals surface area contributed by atoms with Crippen LogP contribution in [0.5, 0.6) is 0 Å². The molecule has 15 heavy (non-hydrogen) atoms. The second-order valence-corrected chi connectivity index (χ2v) is 2.85. The molecule has 1 aromatic rings. The number of esters is 1. The van der Waals surface area contributed by atoms with E-state index in [1.54, 1.807) is 0 Å². The SMILES string of the molecule is COC(=O)c1c(F)ccc(NC=O)c1C. The molecule has 0 atom stereocenters. The fourth-order valence-corrected chi connectivity index (χ4v) is 1.25. The fraction of sp³-hybridized carbons (Fsp3) is 0.200. The summed E-state index contributed by atoms with van der Waals surface area (Å²) in [5, 5.41) is 2.37. The first kappa shape index (κ1) is 11.2. The molecule has 80 valence electrons. The van der Waals surface area contributed by atoms with Gasteiger partial charge in [0.25, 0.3) is 0 Å². The lowest BCUT2D eigenvalue weighted by atomic mass is 10.1. The first-order valence-electron chi connectivity index (χ1n) is 4.19. The number of carbonyl (C=O) groups is 2. The third-order valence-electron chi connectivity index (χ3n) is 2.02. The predicted octanol–water partition coefficient (Wildman–Crippen LogP) is 1.49. The minimum absolute atomic E-state index is 0.163. The molecule has 0 radical (unpaired) electrons. The highest BCUT2D eigenvalue weighted by molar-refractivity contribution is 5.93. The Morgan fingerprint density at radius 1 is 1.53 bits per heavy atom. The van der Waals surface area contributed by atoms with Gasteiger partial charge in [0.15, 0.2) is 0 Å². The molecule has 0 aromatic heterocycles. The summed E-state index contributed by atoms with van der Waals surface area (Å²) in [5.41, 5.74) is 0.560. The topological polar surface area (TPSA) is 55.4 Å². The molecule has 1 N–H and O–H groups in total. The van der Waals surface area contributed by atoms with E-state index in [0.29, 0.717) is 17.7 Å². The Labute approximate surface area is 86.0 Å². The maximum Gasteiger partial charge on any atom is 0.341 e. The lowest BCUT2D eigenvalue weighted by Crippen LogP contribution is -2.09. The zero-order chi connectivity index (χ0) is 11.4. The maximum absolute atomic E-state index is 13.3. The predicted molar refractivity (Wildman–Crippen MR) is 52.2 cm³/mol.